The lowest BCUT2D eigenvalue weighted by molar-refractivity contribution is 0.416. The van der Waals surface area contributed by atoms with E-state index in [2.05, 4.69) is 0 Å². The van der Waals surface area contributed by atoms with Crippen molar-refractivity contribution in [1.29, 1.82) is 0 Å². The van der Waals surface area contributed by atoms with Crippen molar-refractivity contribution < 1.29 is 23.2 Å². The van der Waals surface area contributed by atoms with Crippen LogP contribution in [0.15, 0.2) is 54.6 Å². The van der Waals surface area contributed by atoms with Gasteiger partial charge in [-0.1, -0.05) is 88.9 Å². The van der Waals surface area contributed by atoms with Gasteiger partial charge in [0.25, 0.3) is 10.1 Å². The summed E-state index contributed by atoms with van der Waals surface area (Å²) < 4.78 is 33.8. The second kappa shape index (κ2) is 7.87. The molecule has 0 saturated heterocycles. The summed E-state index contributed by atoms with van der Waals surface area (Å²) in [5.74, 6) is -1.70. The first kappa shape index (κ1) is 22.0. The predicted octanol–water partition coefficient (Wildman–Crippen LogP) is 5.89. The summed E-state index contributed by atoms with van der Waals surface area (Å²) in [4.78, 5) is 0. The summed E-state index contributed by atoms with van der Waals surface area (Å²) in [6.45, 7) is 0. The highest BCUT2D eigenvalue weighted by Crippen LogP contribution is 2.56. The molecule has 1 unspecified atom stereocenters. The van der Waals surface area contributed by atoms with Crippen molar-refractivity contribution in [2.75, 3.05) is 0 Å². The molecular formula is C19H12Cl4O5S. The standard InChI is InChI=1S/C19H12Cl4O5S/c20-12-8-6-11(7-9-12)19(29(26,27)28,10-4-2-1-3-5-10)13-17(24)15(22)14(21)16(23)18(13)25/h1-9,24-25H,(H,26,27,28). The van der Waals surface area contributed by atoms with Crippen LogP contribution in [0, 0.1) is 0 Å². The molecule has 0 aliphatic carbocycles. The fourth-order valence-corrected chi connectivity index (χ4v) is 5.26. The summed E-state index contributed by atoms with van der Waals surface area (Å²) >= 11 is 23.9. The monoisotopic (exact) mass is 492 g/mol. The number of phenolic OH excluding ortho intramolecular Hbond substituents is 2. The molecule has 10 heteroatoms. The smallest absolute Gasteiger partial charge is 0.283 e. The van der Waals surface area contributed by atoms with Crippen molar-refractivity contribution >= 4 is 56.5 Å². The molecule has 0 saturated carbocycles. The molecule has 29 heavy (non-hydrogen) atoms. The summed E-state index contributed by atoms with van der Waals surface area (Å²) in [6.07, 6.45) is 0. The lowest BCUT2D eigenvalue weighted by Crippen LogP contribution is -2.38. The Hall–Kier alpha value is -1.67. The van der Waals surface area contributed by atoms with Gasteiger partial charge in [-0.2, -0.15) is 8.42 Å². The molecule has 0 aromatic heterocycles. The van der Waals surface area contributed by atoms with E-state index in [1.807, 2.05) is 0 Å². The molecule has 3 rings (SSSR count). The van der Waals surface area contributed by atoms with Gasteiger partial charge in [-0.05, 0) is 23.3 Å². The SMILES string of the molecule is O=S(=O)(O)C(c1ccccc1)(c1ccc(Cl)cc1)c1c(O)c(Cl)c(Cl)c(Cl)c1O. The maximum absolute atomic E-state index is 12.9. The van der Waals surface area contributed by atoms with Crippen molar-refractivity contribution in [3.05, 3.63) is 91.4 Å². The molecule has 0 bridgehead atoms. The minimum Gasteiger partial charge on any atom is -0.506 e. The van der Waals surface area contributed by atoms with Crippen LogP contribution in [0.25, 0.3) is 0 Å². The Labute approximate surface area is 186 Å². The Morgan fingerprint density at radius 2 is 1.14 bits per heavy atom. The average molecular weight is 494 g/mol. The third kappa shape index (κ3) is 3.44. The Morgan fingerprint density at radius 3 is 1.59 bits per heavy atom. The van der Waals surface area contributed by atoms with Crippen molar-refractivity contribution in [3.63, 3.8) is 0 Å². The first-order chi connectivity index (χ1) is 13.5. The molecular weight excluding hydrogens is 482 g/mol. The van der Waals surface area contributed by atoms with Crippen LogP contribution in [-0.4, -0.2) is 23.2 Å². The maximum Gasteiger partial charge on any atom is 0.283 e. The average Bonchev–Trinajstić information content (AvgIpc) is 2.69. The predicted molar refractivity (Wildman–Crippen MR) is 114 cm³/mol. The first-order valence-electron chi connectivity index (χ1n) is 7.91. The van der Waals surface area contributed by atoms with Crippen molar-refractivity contribution in [1.82, 2.24) is 0 Å². The van der Waals surface area contributed by atoms with E-state index < -0.39 is 42.0 Å². The second-order valence-corrected chi connectivity index (χ2v) is 9.18. The molecule has 0 spiro atoms. The van der Waals surface area contributed by atoms with Gasteiger partial charge in [-0.3, -0.25) is 4.55 Å². The zero-order valence-electron chi connectivity index (χ0n) is 14.3. The van der Waals surface area contributed by atoms with Gasteiger partial charge >= 0.3 is 0 Å². The molecule has 0 heterocycles. The van der Waals surface area contributed by atoms with Gasteiger partial charge in [0.2, 0.25) is 0 Å². The number of halogens is 4. The Bertz CT molecular complexity index is 1150. The van der Waals surface area contributed by atoms with E-state index in [0.717, 1.165) is 0 Å². The molecule has 3 aromatic carbocycles. The van der Waals surface area contributed by atoms with E-state index in [-0.39, 0.29) is 16.1 Å². The van der Waals surface area contributed by atoms with Gasteiger partial charge in [0, 0.05) is 5.02 Å². The molecule has 3 N–H and O–H groups in total. The third-order valence-corrected chi connectivity index (χ3v) is 7.45. The van der Waals surface area contributed by atoms with Gasteiger partial charge in [0.1, 0.15) is 21.5 Å². The fraction of sp³-hybridized carbons (Fsp3) is 0.0526. The zero-order chi connectivity index (χ0) is 21.6. The normalized spacial score (nSPS) is 13.8. The zero-order valence-corrected chi connectivity index (χ0v) is 18.1. The fourth-order valence-electron chi connectivity index (χ4n) is 3.21. The Morgan fingerprint density at radius 1 is 0.690 bits per heavy atom. The highest BCUT2D eigenvalue weighted by molar-refractivity contribution is 7.87. The minimum atomic E-state index is -5.11. The van der Waals surface area contributed by atoms with Crippen LogP contribution in [-0.2, 0) is 14.9 Å². The topological polar surface area (TPSA) is 94.8 Å². The number of hydrogen-bond donors (Lipinski definition) is 3. The van der Waals surface area contributed by atoms with Crippen molar-refractivity contribution in [3.8, 4) is 11.5 Å². The molecule has 152 valence electrons. The van der Waals surface area contributed by atoms with Crippen LogP contribution in [0.4, 0.5) is 0 Å². The summed E-state index contributed by atoms with van der Waals surface area (Å²) in [5, 5.41) is 20.4. The molecule has 1 atom stereocenters. The summed E-state index contributed by atoms with van der Waals surface area (Å²) in [7, 11) is -5.11. The Kier molecular flexibility index (Phi) is 5.98. The molecule has 0 radical (unpaired) electrons. The lowest BCUT2D eigenvalue weighted by Gasteiger charge is -2.34. The van der Waals surface area contributed by atoms with Gasteiger partial charge in [-0.15, -0.1) is 0 Å². The van der Waals surface area contributed by atoms with E-state index in [1.54, 1.807) is 6.07 Å². The molecule has 3 aromatic rings. The van der Waals surface area contributed by atoms with Gasteiger partial charge in [-0.25, -0.2) is 0 Å². The van der Waals surface area contributed by atoms with Crippen LogP contribution in [0.5, 0.6) is 11.5 Å². The highest BCUT2D eigenvalue weighted by Gasteiger charge is 2.52. The van der Waals surface area contributed by atoms with E-state index in [0.29, 0.717) is 5.02 Å². The molecule has 0 aliphatic heterocycles. The highest BCUT2D eigenvalue weighted by atomic mass is 35.5. The number of phenols is 2. The van der Waals surface area contributed by atoms with E-state index in [9.17, 15) is 23.2 Å². The van der Waals surface area contributed by atoms with Gasteiger partial charge in [0.05, 0.1) is 10.6 Å². The van der Waals surface area contributed by atoms with E-state index in [4.69, 9.17) is 46.4 Å². The number of rotatable bonds is 4. The molecule has 0 fully saturated rings. The molecule has 5 nitrogen and oxygen atoms in total. The molecule has 0 amide bonds. The van der Waals surface area contributed by atoms with Crippen molar-refractivity contribution in [2.45, 2.75) is 4.75 Å². The van der Waals surface area contributed by atoms with E-state index in [1.165, 1.54) is 48.5 Å². The van der Waals surface area contributed by atoms with Gasteiger partial charge < -0.3 is 10.2 Å². The quantitative estimate of drug-likeness (QED) is 0.239. The summed E-state index contributed by atoms with van der Waals surface area (Å²) in [5.41, 5.74) is -0.673. The third-order valence-electron chi connectivity index (χ3n) is 4.44. The van der Waals surface area contributed by atoms with Crippen molar-refractivity contribution in [2.24, 2.45) is 0 Å². The largest absolute Gasteiger partial charge is 0.506 e. The number of hydrogen-bond acceptors (Lipinski definition) is 4. The number of aromatic hydroxyl groups is 2. The molecule has 0 aliphatic rings. The summed E-state index contributed by atoms with van der Waals surface area (Å²) in [6, 6.07) is 12.9. The first-order valence-corrected chi connectivity index (χ1v) is 10.9. The van der Waals surface area contributed by atoms with Crippen LogP contribution >= 0.6 is 46.4 Å². The maximum atomic E-state index is 12.9. The number of benzene rings is 3. The minimum absolute atomic E-state index is 0.00452. The Balaban J connectivity index is 2.64. The van der Waals surface area contributed by atoms with Crippen LogP contribution in [0.2, 0.25) is 20.1 Å². The van der Waals surface area contributed by atoms with Gasteiger partial charge in [0.15, 0.2) is 4.75 Å². The van der Waals surface area contributed by atoms with Crippen LogP contribution in [0.3, 0.4) is 0 Å². The lowest BCUT2D eigenvalue weighted by atomic mass is 9.83. The second-order valence-electron chi connectivity index (χ2n) is 6.04. The van der Waals surface area contributed by atoms with Crippen LogP contribution < -0.4 is 0 Å². The van der Waals surface area contributed by atoms with E-state index >= 15 is 0 Å². The van der Waals surface area contributed by atoms with Crippen LogP contribution in [0.1, 0.15) is 16.7 Å².